The molecular weight excluding hydrogens is 1280 g/mol. The van der Waals surface area contributed by atoms with Crippen molar-refractivity contribution in [3.05, 3.63) is 96.1 Å². The van der Waals surface area contributed by atoms with Crippen molar-refractivity contribution in [2.75, 3.05) is 79.4 Å². The molecule has 0 aromatic heterocycles. The minimum atomic E-state index is -4.07. The molecule has 5 N–H and O–H groups in total. The van der Waals surface area contributed by atoms with E-state index in [9.17, 15) is 41.7 Å². The molecular formula is C66H94N4O21S2Si. The number of phenols is 1. The number of aliphatic hydroxyl groups is 2. The molecule has 10 rings (SSSR count). The van der Waals surface area contributed by atoms with Gasteiger partial charge in [0.1, 0.15) is 23.7 Å². The largest absolute Gasteiger partial charge is 0.508 e. The zero-order valence-corrected chi connectivity index (χ0v) is 57.8. The van der Waals surface area contributed by atoms with Crippen LogP contribution in [0.1, 0.15) is 85.3 Å². The van der Waals surface area contributed by atoms with E-state index in [2.05, 4.69) is 44.5 Å². The second-order valence-electron chi connectivity index (χ2n) is 26.9. The number of benzene rings is 4. The predicted molar refractivity (Wildman–Crippen MR) is 346 cm³/mol. The quantitative estimate of drug-likeness (QED) is 0.0254. The summed E-state index contributed by atoms with van der Waals surface area (Å²) >= 11 is 0. The molecule has 4 aromatic rings. The highest BCUT2D eigenvalue weighted by molar-refractivity contribution is 7.89. The molecule has 6 heterocycles. The number of hydrogen-bond donors (Lipinski definition) is 5. The number of unbranched alkanes of at least 4 members (excludes halogenated alkanes) is 1. The standard InChI is InChI=1S/C38H58N2O11SSi.C28H36N2O10S/c1-26(2)22-40(52(43,44)29-14-15-33-34(21-29)49-25-48-33)23-32(41)31(39-37(42)51-35-24-47-36-30(35)16-19-46-36)20-27-10-12-28(13-11-27)45-17-8-9-18-50-53(6,7)38(3,4)5;1-17(2)13-30(41(34,35)20-7-8-24-25(12-20)39-16-38-24)14-23(32)22(11-18-3-5-19(31)6-4-18)29-28(33)40-26-15-37-27-21(26)9-10-36-27/h10-15,21,26,30-32,35-36,41H,8-9,16-20,22-25H2,1-7H3,(H,39,42);3-8,12,17,21-23,26-27,31-32H,9-11,13-16H2,1-2H3,(H,29,33)/t30-,31-,32+,35-,36+;21-,22-,23+,26-,27+/m00/s1. The van der Waals surface area contributed by atoms with Crippen molar-refractivity contribution < 1.29 is 98.3 Å². The maximum absolute atomic E-state index is 14.0. The third-order valence-corrected chi connectivity index (χ3v) is 25.9. The van der Waals surface area contributed by atoms with E-state index in [1.165, 1.54) is 51.1 Å². The van der Waals surface area contributed by atoms with Gasteiger partial charge in [-0.2, -0.15) is 8.61 Å². The van der Waals surface area contributed by atoms with Crippen LogP contribution in [-0.2, 0) is 65.7 Å². The summed E-state index contributed by atoms with van der Waals surface area (Å²) in [6.07, 6.45) is -2.26. The normalized spacial score (nSPS) is 21.9. The van der Waals surface area contributed by atoms with Crippen LogP contribution < -0.4 is 34.3 Å². The van der Waals surface area contributed by atoms with Gasteiger partial charge in [0.2, 0.25) is 33.6 Å². The lowest BCUT2D eigenvalue weighted by Gasteiger charge is -2.36. The molecule has 6 aliphatic heterocycles. The van der Waals surface area contributed by atoms with Crippen molar-refractivity contribution in [2.24, 2.45) is 23.7 Å². The number of phenolic OH excluding ortho intramolecular Hbond substituents is 1. The second kappa shape index (κ2) is 31.9. The number of aromatic hydroxyl groups is 1. The number of hydrogen-bond acceptors (Lipinski definition) is 21. The van der Waals surface area contributed by atoms with E-state index in [-0.39, 0.29) is 110 Å². The number of rotatable bonds is 29. The van der Waals surface area contributed by atoms with Gasteiger partial charge in [0.25, 0.3) is 0 Å². The van der Waals surface area contributed by atoms with Gasteiger partial charge in [-0.1, -0.05) is 72.7 Å². The zero-order chi connectivity index (χ0) is 67.5. The van der Waals surface area contributed by atoms with Gasteiger partial charge in [0, 0.05) is 44.9 Å². The van der Waals surface area contributed by atoms with Gasteiger partial charge in [-0.15, -0.1) is 0 Å². The Kier molecular flexibility index (Phi) is 24.5. The second-order valence-corrected chi connectivity index (χ2v) is 35.6. The summed E-state index contributed by atoms with van der Waals surface area (Å²) in [6, 6.07) is 20.8. The molecule has 2 amide bonds. The number of alkyl carbamates (subject to hydrolysis) is 2. The summed E-state index contributed by atoms with van der Waals surface area (Å²) < 4.78 is 125. The summed E-state index contributed by atoms with van der Waals surface area (Å²) in [4.78, 5) is 26.3. The van der Waals surface area contributed by atoms with E-state index in [0.29, 0.717) is 61.6 Å². The first-order valence-electron chi connectivity index (χ1n) is 32.3. The predicted octanol–water partition coefficient (Wildman–Crippen LogP) is 7.93. The number of sulfonamides is 2. The van der Waals surface area contributed by atoms with Gasteiger partial charge in [-0.3, -0.25) is 0 Å². The molecule has 0 unspecified atom stereocenters. The molecule has 0 radical (unpaired) electrons. The minimum absolute atomic E-state index is 0.00613. The molecule has 0 spiro atoms. The highest BCUT2D eigenvalue weighted by atomic mass is 32.2. The van der Waals surface area contributed by atoms with Crippen molar-refractivity contribution in [3.63, 3.8) is 0 Å². The van der Waals surface area contributed by atoms with Crippen LogP contribution in [0, 0.1) is 23.7 Å². The maximum Gasteiger partial charge on any atom is 0.407 e. The Bertz CT molecular complexity index is 3380. The first kappa shape index (κ1) is 72.3. The number of carbonyl (C=O) groups excluding carboxylic acids is 2. The minimum Gasteiger partial charge on any atom is -0.508 e. The monoisotopic (exact) mass is 1370 g/mol. The third-order valence-electron chi connectivity index (χ3n) is 17.8. The van der Waals surface area contributed by atoms with Gasteiger partial charge in [0.15, 0.2) is 43.9 Å². The van der Waals surface area contributed by atoms with E-state index < -0.39 is 89.6 Å². The molecule has 94 heavy (non-hydrogen) atoms. The molecule has 28 heteroatoms. The molecule has 4 fully saturated rings. The number of nitrogens with zero attached hydrogens (tertiary/aromatic N) is 2. The van der Waals surface area contributed by atoms with E-state index in [4.69, 9.17) is 56.5 Å². The summed E-state index contributed by atoms with van der Waals surface area (Å²) in [5, 5.41) is 38.6. The molecule has 4 aromatic carbocycles. The molecule has 10 atom stereocenters. The Balaban J connectivity index is 0.000000228. The molecule has 25 nitrogen and oxygen atoms in total. The molecule has 520 valence electrons. The molecule has 0 aliphatic carbocycles. The van der Waals surface area contributed by atoms with Crippen molar-refractivity contribution in [1.29, 1.82) is 0 Å². The summed E-state index contributed by atoms with van der Waals surface area (Å²) in [6.45, 7) is 21.3. The SMILES string of the molecule is CC(C)CN(C[C@@H](O)[C@H](Cc1ccc(O)cc1)NC(=O)O[C@H]1CO[C@H]2OCC[C@H]21)S(=O)(=O)c1ccc2c(c1)OCO2.CC(C)CN(C[C@@H](O)[C@H](Cc1ccc(OCCCCO[Si](C)(C)C(C)(C)C)cc1)NC(=O)O[C@H]1CO[C@H]2OCC[C@H]21)S(=O)(=O)c1ccc2c(c1)OCO2. The van der Waals surface area contributed by atoms with Crippen LogP contribution in [-0.4, -0.2) is 190 Å². The number of carbonyl (C=O) groups is 2. The van der Waals surface area contributed by atoms with Gasteiger partial charge >= 0.3 is 12.2 Å². The highest BCUT2D eigenvalue weighted by Crippen LogP contribution is 2.39. The van der Waals surface area contributed by atoms with Crippen LogP contribution in [0.15, 0.2) is 94.7 Å². The lowest BCUT2D eigenvalue weighted by atomic mass is 10.0. The molecule has 0 saturated carbocycles. The van der Waals surface area contributed by atoms with E-state index in [0.717, 1.165) is 30.4 Å². The van der Waals surface area contributed by atoms with E-state index in [1.54, 1.807) is 18.2 Å². The molecule has 4 saturated heterocycles. The Morgan fingerprint density at radius 3 is 1.46 bits per heavy atom. The fourth-order valence-corrected chi connectivity index (χ4v) is 15.9. The average molecular weight is 1370 g/mol. The van der Waals surface area contributed by atoms with Crippen LogP contribution in [0.25, 0.3) is 0 Å². The van der Waals surface area contributed by atoms with Crippen molar-refractivity contribution >= 4 is 40.6 Å². The lowest BCUT2D eigenvalue weighted by molar-refractivity contribution is -0.0909. The zero-order valence-electron chi connectivity index (χ0n) is 55.1. The Hall–Kier alpha value is -6.02. The number of aliphatic hydroxyl groups excluding tert-OH is 2. The number of ether oxygens (including phenoxy) is 11. The van der Waals surface area contributed by atoms with Crippen molar-refractivity contribution in [1.82, 2.24) is 19.2 Å². The van der Waals surface area contributed by atoms with Crippen molar-refractivity contribution in [3.8, 4) is 34.5 Å². The highest BCUT2D eigenvalue weighted by Gasteiger charge is 2.46. The Morgan fingerprint density at radius 2 is 1.02 bits per heavy atom. The summed E-state index contributed by atoms with van der Waals surface area (Å²) in [5.41, 5.74) is 1.53. The van der Waals surface area contributed by atoms with Crippen LogP contribution in [0.5, 0.6) is 34.5 Å². The summed E-state index contributed by atoms with van der Waals surface area (Å²) in [7, 11) is -9.89. The van der Waals surface area contributed by atoms with Crippen LogP contribution in [0.4, 0.5) is 9.59 Å². The number of amides is 2. The summed E-state index contributed by atoms with van der Waals surface area (Å²) in [5.74, 6) is 2.15. The number of fused-ring (bicyclic) bond motifs is 4. The van der Waals surface area contributed by atoms with Crippen LogP contribution in [0.3, 0.4) is 0 Å². The maximum atomic E-state index is 14.0. The van der Waals surface area contributed by atoms with Crippen molar-refractivity contribution in [2.45, 2.75) is 164 Å². The third kappa shape index (κ3) is 19.0. The Labute approximate surface area is 553 Å². The van der Waals surface area contributed by atoms with E-state index >= 15 is 0 Å². The van der Waals surface area contributed by atoms with Gasteiger partial charge in [-0.05, 0) is 128 Å². The van der Waals surface area contributed by atoms with Crippen LogP contribution >= 0.6 is 0 Å². The first-order valence-corrected chi connectivity index (χ1v) is 38.1. The van der Waals surface area contributed by atoms with Gasteiger partial charge < -0.3 is 82.5 Å². The lowest BCUT2D eigenvalue weighted by Crippen LogP contribution is -2.51. The van der Waals surface area contributed by atoms with Crippen LogP contribution in [0.2, 0.25) is 18.1 Å². The fraction of sp³-hybridized carbons (Fsp3) is 0.606. The smallest absolute Gasteiger partial charge is 0.407 e. The molecule has 0 bridgehead atoms. The Morgan fingerprint density at radius 1 is 0.596 bits per heavy atom. The van der Waals surface area contributed by atoms with Gasteiger partial charge in [-0.25, -0.2) is 26.4 Å². The average Bonchev–Trinajstić information content (AvgIpc) is 1.10. The fourth-order valence-electron chi connectivity index (χ4n) is 11.5. The first-order chi connectivity index (χ1) is 44.6. The topological polar surface area (TPSA) is 304 Å². The van der Waals surface area contributed by atoms with E-state index in [1.807, 2.05) is 52.0 Å². The van der Waals surface area contributed by atoms with Gasteiger partial charge in [0.05, 0.1) is 79.0 Å². The molecule has 6 aliphatic rings. The number of nitrogens with one attached hydrogen (secondary N) is 2.